The molecular formula is C20H13Cl2N3OS. The second-order valence-electron chi connectivity index (χ2n) is 5.58. The zero-order chi connectivity index (χ0) is 19.2. The van der Waals surface area contributed by atoms with E-state index in [1.54, 1.807) is 24.4 Å². The van der Waals surface area contributed by atoms with E-state index in [0.29, 0.717) is 21.6 Å². The third kappa shape index (κ3) is 5.18. The molecule has 0 atom stereocenters. The Morgan fingerprint density at radius 3 is 2.74 bits per heavy atom. The van der Waals surface area contributed by atoms with Crippen LogP contribution in [0.3, 0.4) is 0 Å². The van der Waals surface area contributed by atoms with Crippen molar-refractivity contribution < 1.29 is 4.79 Å². The van der Waals surface area contributed by atoms with Crippen LogP contribution < -0.4 is 5.32 Å². The fourth-order valence-corrected chi connectivity index (χ4v) is 3.55. The summed E-state index contributed by atoms with van der Waals surface area (Å²) in [6, 6.07) is 16.4. The van der Waals surface area contributed by atoms with Gasteiger partial charge in [0.15, 0.2) is 5.13 Å². The van der Waals surface area contributed by atoms with Crippen molar-refractivity contribution in [2.45, 2.75) is 6.42 Å². The molecule has 0 aliphatic rings. The zero-order valence-electron chi connectivity index (χ0n) is 13.9. The summed E-state index contributed by atoms with van der Waals surface area (Å²) in [5, 5.41) is 13.6. The molecule has 4 nitrogen and oxygen atoms in total. The number of carbonyl (C=O) groups excluding carboxylic acids is 1. The van der Waals surface area contributed by atoms with E-state index in [1.165, 1.54) is 17.4 Å². The van der Waals surface area contributed by atoms with Gasteiger partial charge < -0.3 is 0 Å². The number of rotatable bonds is 5. The Morgan fingerprint density at radius 2 is 2.00 bits per heavy atom. The number of thiazole rings is 1. The number of amides is 1. The van der Waals surface area contributed by atoms with Gasteiger partial charge in [0.2, 0.25) is 0 Å². The number of hydrogen-bond acceptors (Lipinski definition) is 4. The van der Waals surface area contributed by atoms with Crippen molar-refractivity contribution in [3.05, 3.63) is 86.4 Å². The molecule has 1 N–H and O–H groups in total. The van der Waals surface area contributed by atoms with Crippen LogP contribution in [0.25, 0.3) is 6.08 Å². The highest BCUT2D eigenvalue weighted by molar-refractivity contribution is 7.15. The average Bonchev–Trinajstić information content (AvgIpc) is 3.10. The van der Waals surface area contributed by atoms with E-state index in [1.807, 2.05) is 36.4 Å². The van der Waals surface area contributed by atoms with E-state index < -0.39 is 5.91 Å². The van der Waals surface area contributed by atoms with Gasteiger partial charge in [-0.2, -0.15) is 5.26 Å². The normalized spacial score (nSPS) is 11.1. The third-order valence-electron chi connectivity index (χ3n) is 3.62. The van der Waals surface area contributed by atoms with Crippen LogP contribution in [0.5, 0.6) is 0 Å². The molecule has 0 aliphatic heterocycles. The first-order valence-electron chi connectivity index (χ1n) is 7.92. The maximum Gasteiger partial charge on any atom is 0.268 e. The van der Waals surface area contributed by atoms with Crippen LogP contribution in [0.1, 0.15) is 16.0 Å². The van der Waals surface area contributed by atoms with Gasteiger partial charge in [-0.3, -0.25) is 10.1 Å². The summed E-state index contributed by atoms with van der Waals surface area (Å²) in [6.45, 7) is 0. The fourth-order valence-electron chi connectivity index (χ4n) is 2.34. The van der Waals surface area contributed by atoms with Gasteiger partial charge in [-0.15, -0.1) is 11.3 Å². The van der Waals surface area contributed by atoms with Crippen molar-refractivity contribution in [1.29, 1.82) is 5.26 Å². The van der Waals surface area contributed by atoms with Crippen molar-refractivity contribution in [3.63, 3.8) is 0 Å². The van der Waals surface area contributed by atoms with Gasteiger partial charge >= 0.3 is 0 Å². The highest BCUT2D eigenvalue weighted by atomic mass is 35.5. The molecule has 0 bridgehead atoms. The summed E-state index contributed by atoms with van der Waals surface area (Å²) in [5.41, 5.74) is 1.67. The highest BCUT2D eigenvalue weighted by Crippen LogP contribution is 2.27. The van der Waals surface area contributed by atoms with E-state index >= 15 is 0 Å². The van der Waals surface area contributed by atoms with Gasteiger partial charge in [0.05, 0.1) is 0 Å². The minimum absolute atomic E-state index is 0.0100. The van der Waals surface area contributed by atoms with E-state index in [-0.39, 0.29) is 5.57 Å². The van der Waals surface area contributed by atoms with Gasteiger partial charge in [0.1, 0.15) is 11.6 Å². The van der Waals surface area contributed by atoms with E-state index in [0.717, 1.165) is 16.0 Å². The number of nitrogens with one attached hydrogen (secondary N) is 1. The van der Waals surface area contributed by atoms with Crippen LogP contribution in [0.4, 0.5) is 5.13 Å². The Bertz CT molecular complexity index is 1040. The molecule has 0 fully saturated rings. The first-order chi connectivity index (χ1) is 13.0. The number of carbonyl (C=O) groups is 1. The standard InChI is InChI=1S/C20H13Cl2N3OS/c21-16-6-7-18(22)14(9-16)10-17-12-24-20(27-17)25-19(26)15(11-23)8-13-4-2-1-3-5-13/h1-9,12H,10H2,(H,24,25,26). The summed E-state index contributed by atoms with van der Waals surface area (Å²) in [7, 11) is 0. The van der Waals surface area contributed by atoms with E-state index in [2.05, 4.69) is 10.3 Å². The molecule has 0 saturated carbocycles. The summed E-state index contributed by atoms with van der Waals surface area (Å²) in [6.07, 6.45) is 3.76. The largest absolute Gasteiger partial charge is 0.297 e. The number of benzene rings is 2. The number of halogens is 2. The minimum Gasteiger partial charge on any atom is -0.297 e. The van der Waals surface area contributed by atoms with Crippen LogP contribution in [0, 0.1) is 11.3 Å². The molecular weight excluding hydrogens is 401 g/mol. The van der Waals surface area contributed by atoms with Crippen molar-refractivity contribution in [3.8, 4) is 6.07 Å². The van der Waals surface area contributed by atoms with Gasteiger partial charge in [-0.25, -0.2) is 4.98 Å². The molecule has 134 valence electrons. The lowest BCUT2D eigenvalue weighted by molar-refractivity contribution is -0.112. The van der Waals surface area contributed by atoms with Crippen LogP contribution in [-0.2, 0) is 11.2 Å². The predicted octanol–water partition coefficient (Wildman–Crippen LogP) is 5.59. The van der Waals surface area contributed by atoms with E-state index in [9.17, 15) is 10.1 Å². The first kappa shape index (κ1) is 19.1. The lowest BCUT2D eigenvalue weighted by Crippen LogP contribution is -2.13. The zero-order valence-corrected chi connectivity index (χ0v) is 16.3. The molecule has 0 saturated heterocycles. The topological polar surface area (TPSA) is 65.8 Å². The summed E-state index contributed by atoms with van der Waals surface area (Å²) < 4.78 is 0. The molecule has 27 heavy (non-hydrogen) atoms. The number of hydrogen-bond donors (Lipinski definition) is 1. The average molecular weight is 414 g/mol. The molecule has 2 aromatic carbocycles. The van der Waals surface area contributed by atoms with Crippen molar-refractivity contribution in [2.24, 2.45) is 0 Å². The molecule has 0 unspecified atom stereocenters. The Balaban J connectivity index is 1.71. The maximum atomic E-state index is 12.3. The van der Waals surface area contributed by atoms with Crippen LogP contribution in [0.15, 0.2) is 60.3 Å². The fraction of sp³-hybridized carbons (Fsp3) is 0.0500. The molecule has 3 rings (SSSR count). The van der Waals surface area contributed by atoms with E-state index in [4.69, 9.17) is 23.2 Å². The second kappa shape index (κ2) is 8.83. The Labute approximate surface area is 170 Å². The Kier molecular flexibility index (Phi) is 6.25. The lowest BCUT2D eigenvalue weighted by atomic mass is 10.1. The van der Waals surface area contributed by atoms with Crippen LogP contribution in [0.2, 0.25) is 10.0 Å². The highest BCUT2D eigenvalue weighted by Gasteiger charge is 2.13. The second-order valence-corrected chi connectivity index (χ2v) is 7.54. The minimum atomic E-state index is -0.497. The lowest BCUT2D eigenvalue weighted by Gasteiger charge is -2.02. The maximum absolute atomic E-state index is 12.3. The molecule has 1 aromatic heterocycles. The number of nitriles is 1. The first-order valence-corrected chi connectivity index (χ1v) is 9.49. The van der Waals surface area contributed by atoms with Crippen molar-refractivity contribution in [1.82, 2.24) is 4.98 Å². The van der Waals surface area contributed by atoms with Gasteiger partial charge in [-0.1, -0.05) is 53.5 Å². The van der Waals surface area contributed by atoms with Gasteiger partial charge in [-0.05, 0) is 35.4 Å². The molecule has 0 aliphatic carbocycles. The monoisotopic (exact) mass is 413 g/mol. The summed E-state index contributed by atoms with van der Waals surface area (Å²) in [4.78, 5) is 17.5. The smallest absolute Gasteiger partial charge is 0.268 e. The van der Waals surface area contributed by atoms with Gasteiger partial charge in [0, 0.05) is 27.5 Å². The number of anilines is 1. The molecule has 1 amide bonds. The predicted molar refractivity (Wildman–Crippen MR) is 110 cm³/mol. The van der Waals surface area contributed by atoms with Crippen molar-refractivity contribution >= 4 is 51.7 Å². The van der Waals surface area contributed by atoms with Crippen LogP contribution >= 0.6 is 34.5 Å². The third-order valence-corrected chi connectivity index (χ3v) is 5.14. The molecule has 3 aromatic rings. The SMILES string of the molecule is N#CC(=Cc1ccccc1)C(=O)Nc1ncc(Cc2cc(Cl)ccc2Cl)s1. The molecule has 7 heteroatoms. The molecule has 0 spiro atoms. The summed E-state index contributed by atoms with van der Waals surface area (Å²) in [5.74, 6) is -0.497. The van der Waals surface area contributed by atoms with Crippen molar-refractivity contribution in [2.75, 3.05) is 5.32 Å². The van der Waals surface area contributed by atoms with Crippen LogP contribution in [-0.4, -0.2) is 10.9 Å². The quantitative estimate of drug-likeness (QED) is 0.438. The molecule has 1 heterocycles. The summed E-state index contributed by atoms with van der Waals surface area (Å²) >= 11 is 13.5. The molecule has 0 radical (unpaired) electrons. The Hall–Kier alpha value is -2.65. The number of nitrogens with zero attached hydrogens (tertiary/aromatic N) is 2. The Morgan fingerprint density at radius 1 is 1.22 bits per heavy atom. The van der Waals surface area contributed by atoms with Gasteiger partial charge in [0.25, 0.3) is 5.91 Å². The number of aromatic nitrogens is 1.